The largest absolute Gasteiger partial charge is 0.478 e. The Morgan fingerprint density at radius 3 is 1.28 bits per heavy atom. The van der Waals surface area contributed by atoms with Crippen molar-refractivity contribution in [2.45, 2.75) is 24.9 Å². The Morgan fingerprint density at radius 2 is 0.933 bits per heavy atom. The maximum absolute atomic E-state index is 13.5. The third kappa shape index (κ3) is 25.7. The monoisotopic (exact) mass is 861 g/mol. The molecule has 0 saturated carbocycles. The highest BCUT2D eigenvalue weighted by atomic mass is 35.5. The summed E-state index contributed by atoms with van der Waals surface area (Å²) < 4.78 is 26.9. The Balaban J connectivity index is 0.000000609. The van der Waals surface area contributed by atoms with Gasteiger partial charge in [0.2, 0.25) is 0 Å². The Bertz CT molecular complexity index is 1730. The number of rotatable bonds is 17. The second kappa shape index (κ2) is 28.9. The van der Waals surface area contributed by atoms with Crippen molar-refractivity contribution in [2.75, 3.05) is 51.1 Å². The van der Waals surface area contributed by atoms with E-state index in [1.165, 1.54) is 24.3 Å². The SMILES string of the molecule is O=C(O)/C=C\C(=O)O.O=C(O)/C=C\C(=O)O.O=C(O)/C=C\C(=O)O.OC(CNc1ccc(Cl)cc1)CN1CCN(CCCC(c2ccc(F)cc2)c2ccc(F)cc2)CC1. The first kappa shape index (κ1) is 51.5. The summed E-state index contributed by atoms with van der Waals surface area (Å²) in [7, 11) is 0. The molecule has 0 spiro atoms. The number of piperazine rings is 1. The van der Waals surface area contributed by atoms with E-state index in [4.69, 9.17) is 42.2 Å². The first-order chi connectivity index (χ1) is 28.3. The molecule has 0 aliphatic carbocycles. The van der Waals surface area contributed by atoms with Crippen LogP contribution >= 0.6 is 11.6 Å². The summed E-state index contributed by atoms with van der Waals surface area (Å²) in [4.78, 5) is 62.1. The van der Waals surface area contributed by atoms with E-state index < -0.39 is 41.9 Å². The molecule has 3 aromatic rings. The van der Waals surface area contributed by atoms with Gasteiger partial charge in [-0.05, 0) is 79.0 Å². The molecule has 16 nitrogen and oxygen atoms in total. The van der Waals surface area contributed by atoms with Crippen molar-refractivity contribution >= 4 is 53.1 Å². The summed E-state index contributed by atoms with van der Waals surface area (Å²) in [6.07, 6.45) is 4.80. The molecular weight excluding hydrogens is 816 g/mol. The first-order valence-electron chi connectivity index (χ1n) is 17.9. The molecule has 0 bridgehead atoms. The average Bonchev–Trinajstić information content (AvgIpc) is 3.19. The number of aliphatic hydroxyl groups is 1. The minimum absolute atomic E-state index is 0.107. The quantitative estimate of drug-likeness (QED) is 0.0851. The van der Waals surface area contributed by atoms with E-state index in [0.29, 0.717) is 54.6 Å². The van der Waals surface area contributed by atoms with Gasteiger partial charge >= 0.3 is 35.8 Å². The van der Waals surface area contributed by atoms with Crippen LogP contribution in [-0.2, 0) is 28.8 Å². The highest BCUT2D eigenvalue weighted by Crippen LogP contribution is 2.30. The van der Waals surface area contributed by atoms with Gasteiger partial charge in [0, 0.05) is 92.4 Å². The van der Waals surface area contributed by atoms with Crippen molar-refractivity contribution in [1.82, 2.24) is 9.80 Å². The highest BCUT2D eigenvalue weighted by Gasteiger charge is 2.20. The zero-order valence-electron chi connectivity index (χ0n) is 32.0. The summed E-state index contributed by atoms with van der Waals surface area (Å²) >= 11 is 5.92. The van der Waals surface area contributed by atoms with E-state index >= 15 is 0 Å². The van der Waals surface area contributed by atoms with Gasteiger partial charge in [-0.2, -0.15) is 0 Å². The number of hydrogen-bond donors (Lipinski definition) is 8. The van der Waals surface area contributed by atoms with Crippen molar-refractivity contribution in [2.24, 2.45) is 0 Å². The lowest BCUT2D eigenvalue weighted by Crippen LogP contribution is -2.49. The van der Waals surface area contributed by atoms with Crippen molar-refractivity contribution in [3.05, 3.63) is 137 Å². The molecule has 1 aliphatic heterocycles. The Hall–Kier alpha value is -6.47. The molecule has 324 valence electrons. The number of aliphatic hydroxyl groups excluding tert-OH is 1. The van der Waals surface area contributed by atoms with E-state index in [1.807, 2.05) is 48.5 Å². The topological polar surface area (TPSA) is 263 Å². The number of β-amino-alcohol motifs (C(OH)–C–C–N with tert-alkyl or cyclic N) is 1. The maximum Gasteiger partial charge on any atom is 0.328 e. The van der Waals surface area contributed by atoms with Gasteiger partial charge in [-0.15, -0.1) is 0 Å². The van der Waals surface area contributed by atoms with Crippen molar-refractivity contribution in [3.63, 3.8) is 0 Å². The fraction of sp³-hybridized carbons (Fsp3) is 0.268. The van der Waals surface area contributed by atoms with Gasteiger partial charge in [0.1, 0.15) is 11.6 Å². The summed E-state index contributed by atoms with van der Waals surface area (Å²) in [5.74, 6) is -7.93. The fourth-order valence-corrected chi connectivity index (χ4v) is 5.35. The lowest BCUT2D eigenvalue weighted by atomic mass is 9.87. The van der Waals surface area contributed by atoms with Crippen molar-refractivity contribution < 1.29 is 73.3 Å². The van der Waals surface area contributed by atoms with Crippen LogP contribution in [0.15, 0.2) is 109 Å². The van der Waals surface area contributed by atoms with E-state index in [-0.39, 0.29) is 17.6 Å². The Kier molecular flexibility index (Phi) is 24.8. The number of nitrogens with zero attached hydrogens (tertiary/aromatic N) is 2. The minimum atomic E-state index is -1.26. The Labute approximate surface area is 348 Å². The number of carbonyl (C=O) groups is 6. The van der Waals surface area contributed by atoms with Crippen LogP contribution in [0, 0.1) is 11.6 Å². The second-order valence-corrected chi connectivity index (χ2v) is 12.9. The number of benzene rings is 3. The maximum atomic E-state index is 13.5. The normalized spacial score (nSPS) is 13.3. The third-order valence-corrected chi connectivity index (χ3v) is 8.19. The van der Waals surface area contributed by atoms with Gasteiger partial charge in [0.05, 0.1) is 6.10 Å². The zero-order chi connectivity index (χ0) is 45.0. The van der Waals surface area contributed by atoms with Crippen LogP contribution in [0.4, 0.5) is 14.5 Å². The van der Waals surface area contributed by atoms with Gasteiger partial charge in [0.15, 0.2) is 0 Å². The van der Waals surface area contributed by atoms with Gasteiger partial charge in [0.25, 0.3) is 0 Å². The number of carboxylic acids is 6. The molecule has 60 heavy (non-hydrogen) atoms. The Morgan fingerprint density at radius 1 is 0.583 bits per heavy atom. The molecule has 1 atom stereocenters. The molecule has 19 heteroatoms. The molecule has 0 radical (unpaired) electrons. The molecule has 4 rings (SSSR count). The number of carboxylic acid groups (broad SMARTS) is 6. The molecule has 0 aromatic heterocycles. The van der Waals surface area contributed by atoms with Crippen LogP contribution < -0.4 is 5.32 Å². The van der Waals surface area contributed by atoms with E-state index in [1.54, 1.807) is 0 Å². The second-order valence-electron chi connectivity index (χ2n) is 12.5. The number of halogens is 3. The van der Waals surface area contributed by atoms with Gasteiger partial charge in [-0.3, -0.25) is 4.90 Å². The van der Waals surface area contributed by atoms with E-state index in [9.17, 15) is 42.7 Å². The number of aliphatic carboxylic acids is 6. The van der Waals surface area contributed by atoms with Crippen LogP contribution in [0.25, 0.3) is 0 Å². The minimum Gasteiger partial charge on any atom is -0.478 e. The molecule has 1 fully saturated rings. The van der Waals surface area contributed by atoms with E-state index in [2.05, 4.69) is 15.1 Å². The molecule has 1 saturated heterocycles. The molecule has 0 amide bonds. The molecule has 1 unspecified atom stereocenters. The smallest absolute Gasteiger partial charge is 0.328 e. The van der Waals surface area contributed by atoms with Crippen LogP contribution in [0.1, 0.15) is 29.9 Å². The average molecular weight is 862 g/mol. The number of hydrogen-bond acceptors (Lipinski definition) is 10. The van der Waals surface area contributed by atoms with E-state index in [0.717, 1.165) is 62.4 Å². The molecule has 3 aromatic carbocycles. The van der Waals surface area contributed by atoms with Crippen LogP contribution in [0.2, 0.25) is 5.02 Å². The van der Waals surface area contributed by atoms with Gasteiger partial charge in [-0.1, -0.05) is 35.9 Å². The molecule has 1 aliphatic rings. The summed E-state index contributed by atoms with van der Waals surface area (Å²) in [6, 6.07) is 20.8. The summed E-state index contributed by atoms with van der Waals surface area (Å²) in [5.41, 5.74) is 3.05. The highest BCUT2D eigenvalue weighted by molar-refractivity contribution is 6.30. The summed E-state index contributed by atoms with van der Waals surface area (Å²) in [6.45, 7) is 5.91. The fourth-order valence-electron chi connectivity index (χ4n) is 5.22. The lowest BCUT2D eigenvalue weighted by molar-refractivity contribution is -0.134. The summed E-state index contributed by atoms with van der Waals surface area (Å²) in [5, 5.41) is 61.3. The number of nitrogens with one attached hydrogen (secondary N) is 1. The predicted molar refractivity (Wildman–Crippen MR) is 216 cm³/mol. The van der Waals surface area contributed by atoms with Crippen molar-refractivity contribution in [1.29, 1.82) is 0 Å². The molecule has 8 N–H and O–H groups in total. The van der Waals surface area contributed by atoms with Gasteiger partial charge in [-0.25, -0.2) is 37.5 Å². The lowest BCUT2D eigenvalue weighted by Gasteiger charge is -2.36. The zero-order valence-corrected chi connectivity index (χ0v) is 32.8. The predicted octanol–water partition coefficient (Wildman–Crippen LogP) is 4.76. The first-order valence-corrected chi connectivity index (χ1v) is 18.3. The van der Waals surface area contributed by atoms with Crippen LogP contribution in [-0.4, -0.2) is 133 Å². The van der Waals surface area contributed by atoms with Crippen LogP contribution in [0.3, 0.4) is 0 Å². The number of anilines is 1. The van der Waals surface area contributed by atoms with Gasteiger partial charge < -0.3 is 46.0 Å². The van der Waals surface area contributed by atoms with Crippen molar-refractivity contribution in [3.8, 4) is 0 Å². The third-order valence-electron chi connectivity index (χ3n) is 7.94. The molecule has 1 heterocycles. The van der Waals surface area contributed by atoms with Crippen LogP contribution in [0.5, 0.6) is 0 Å². The standard InChI is InChI=1S/C29H34ClF2N3O.3C4H4O4/c30-24-7-13-27(14-8-24)33-20-28(36)21-35-18-16-34(17-19-35)15-1-2-29(22-3-9-25(31)10-4-22)23-5-11-26(32)12-6-23;3*5-3(6)1-2-4(7)8/h3-14,28-29,33,36H,1-2,15-21H2;3*1-2H,(H,5,6)(H,7,8)/b;3*2-1-. The molecular formula is C41H46ClF2N3O13.